The number of fused-ring (bicyclic) bond motifs is 1. The van der Waals surface area contributed by atoms with Crippen molar-refractivity contribution in [2.75, 3.05) is 19.6 Å². The van der Waals surface area contributed by atoms with Crippen LogP contribution in [0.15, 0.2) is 10.9 Å². The number of amides is 1. The molecule has 2 fully saturated rings. The zero-order valence-electron chi connectivity index (χ0n) is 16.4. The van der Waals surface area contributed by atoms with Crippen molar-refractivity contribution < 1.29 is 4.79 Å². The minimum absolute atomic E-state index is 0.168. The Morgan fingerprint density at radius 2 is 1.70 bits per heavy atom. The van der Waals surface area contributed by atoms with Crippen LogP contribution in [-0.2, 0) is 12.8 Å². The van der Waals surface area contributed by atoms with E-state index in [1.54, 1.807) is 0 Å². The molecule has 2 aliphatic carbocycles. The summed E-state index contributed by atoms with van der Waals surface area (Å²) in [7, 11) is 0. The number of hydrogen-bond donors (Lipinski definition) is 2. The van der Waals surface area contributed by atoms with Gasteiger partial charge in [-0.1, -0.05) is 25.7 Å². The van der Waals surface area contributed by atoms with E-state index in [1.165, 1.54) is 25.7 Å². The fraction of sp³-hybridized carbons (Fsp3) is 0.727. The van der Waals surface area contributed by atoms with Gasteiger partial charge in [0.15, 0.2) is 0 Å². The van der Waals surface area contributed by atoms with Crippen molar-refractivity contribution in [1.82, 2.24) is 15.2 Å². The number of likely N-dealkylation sites (tertiary alicyclic amines) is 1. The molecule has 0 aromatic carbocycles. The third-order valence-electron chi connectivity index (χ3n) is 6.75. The summed E-state index contributed by atoms with van der Waals surface area (Å²) in [6, 6.07) is 1.88. The Bertz CT molecular complexity index is 728. The number of rotatable bonds is 4. The van der Waals surface area contributed by atoms with E-state index in [-0.39, 0.29) is 17.0 Å². The summed E-state index contributed by atoms with van der Waals surface area (Å²) in [4.78, 5) is 31.2. The Balaban J connectivity index is 1.55. The van der Waals surface area contributed by atoms with E-state index in [1.807, 2.05) is 6.07 Å². The molecule has 27 heavy (non-hydrogen) atoms. The van der Waals surface area contributed by atoms with Crippen molar-refractivity contribution in [3.8, 4) is 0 Å². The molecule has 4 rings (SSSR count). The van der Waals surface area contributed by atoms with Gasteiger partial charge in [0.05, 0.1) is 5.54 Å². The lowest BCUT2D eigenvalue weighted by atomic mass is 9.81. The van der Waals surface area contributed by atoms with Crippen molar-refractivity contribution in [2.45, 2.75) is 82.6 Å². The Morgan fingerprint density at radius 3 is 2.48 bits per heavy atom. The first-order chi connectivity index (χ1) is 13.2. The fourth-order valence-corrected chi connectivity index (χ4v) is 5.25. The highest BCUT2D eigenvalue weighted by atomic mass is 16.2. The van der Waals surface area contributed by atoms with Crippen LogP contribution in [-0.4, -0.2) is 41.0 Å². The van der Waals surface area contributed by atoms with Crippen LogP contribution in [0.1, 0.15) is 85.8 Å². The van der Waals surface area contributed by atoms with Crippen molar-refractivity contribution >= 4 is 5.91 Å². The van der Waals surface area contributed by atoms with Crippen LogP contribution in [0.4, 0.5) is 0 Å². The average Bonchev–Trinajstić information content (AvgIpc) is 3.05. The summed E-state index contributed by atoms with van der Waals surface area (Å²) in [5.74, 6) is -0.176. The summed E-state index contributed by atoms with van der Waals surface area (Å²) >= 11 is 0. The summed E-state index contributed by atoms with van der Waals surface area (Å²) in [6.07, 6.45) is 13.5. The molecule has 0 bridgehead atoms. The summed E-state index contributed by atoms with van der Waals surface area (Å²) < 4.78 is 0. The maximum atomic E-state index is 13.1. The largest absolute Gasteiger partial charge is 0.345 e. The van der Waals surface area contributed by atoms with E-state index in [0.29, 0.717) is 5.56 Å². The first-order valence-corrected chi connectivity index (χ1v) is 11.0. The fourth-order valence-electron chi connectivity index (χ4n) is 5.25. The zero-order chi connectivity index (χ0) is 18.7. The van der Waals surface area contributed by atoms with Gasteiger partial charge in [0.25, 0.3) is 11.5 Å². The third kappa shape index (κ3) is 4.29. The van der Waals surface area contributed by atoms with Crippen LogP contribution in [0.3, 0.4) is 0 Å². The molecule has 1 amide bonds. The molecule has 1 saturated heterocycles. The minimum atomic E-state index is -0.222. The highest BCUT2D eigenvalue weighted by Gasteiger charge is 2.36. The SMILES string of the molecule is O=C(NC1(CN2CCCC2)CCCCC1)c1cc2c([nH]c1=O)CCCCC2. The van der Waals surface area contributed by atoms with Crippen LogP contribution in [0.2, 0.25) is 0 Å². The highest BCUT2D eigenvalue weighted by Crippen LogP contribution is 2.30. The molecule has 1 aromatic rings. The molecular formula is C22H33N3O2. The minimum Gasteiger partial charge on any atom is -0.345 e. The monoisotopic (exact) mass is 371 g/mol. The molecule has 5 nitrogen and oxygen atoms in total. The normalized spacial score (nSPS) is 22.8. The molecule has 0 unspecified atom stereocenters. The second-order valence-electron chi connectivity index (χ2n) is 8.85. The average molecular weight is 372 g/mol. The van der Waals surface area contributed by atoms with Gasteiger partial charge in [0.2, 0.25) is 0 Å². The van der Waals surface area contributed by atoms with Gasteiger partial charge in [-0.3, -0.25) is 9.59 Å². The maximum Gasteiger partial charge on any atom is 0.261 e. The maximum absolute atomic E-state index is 13.1. The predicted molar refractivity (Wildman–Crippen MR) is 107 cm³/mol. The quantitative estimate of drug-likeness (QED) is 0.799. The number of aryl methyl sites for hydroxylation is 2. The number of pyridine rings is 1. The lowest BCUT2D eigenvalue weighted by Gasteiger charge is -2.41. The molecule has 5 heteroatoms. The van der Waals surface area contributed by atoms with Gasteiger partial charge in [0.1, 0.15) is 5.56 Å². The molecule has 0 atom stereocenters. The van der Waals surface area contributed by atoms with E-state index >= 15 is 0 Å². The van der Waals surface area contributed by atoms with E-state index < -0.39 is 0 Å². The Hall–Kier alpha value is -1.62. The van der Waals surface area contributed by atoms with E-state index in [0.717, 1.165) is 82.3 Å². The second-order valence-corrected chi connectivity index (χ2v) is 8.85. The number of H-pyrrole nitrogens is 1. The van der Waals surface area contributed by atoms with Gasteiger partial charge in [0, 0.05) is 12.2 Å². The number of carbonyl (C=O) groups excluding carboxylic acids is 1. The summed E-state index contributed by atoms with van der Waals surface area (Å²) in [5.41, 5.74) is 2.12. The first-order valence-electron chi connectivity index (χ1n) is 11.0. The van der Waals surface area contributed by atoms with Gasteiger partial charge in [-0.25, -0.2) is 0 Å². The molecule has 1 aliphatic heterocycles. The molecule has 0 spiro atoms. The van der Waals surface area contributed by atoms with Gasteiger partial charge < -0.3 is 15.2 Å². The molecular weight excluding hydrogens is 338 g/mol. The molecule has 2 heterocycles. The standard InChI is InChI=1S/C22H33N3O2/c26-20-18(15-17-9-3-1-4-10-19(17)23-20)21(27)24-22(11-5-2-6-12-22)16-25-13-7-8-14-25/h15H,1-14,16H2,(H,23,26)(H,24,27). The first kappa shape index (κ1) is 18.7. The van der Waals surface area contributed by atoms with Crippen molar-refractivity contribution in [1.29, 1.82) is 0 Å². The molecule has 1 aromatic heterocycles. The van der Waals surface area contributed by atoms with Crippen LogP contribution >= 0.6 is 0 Å². The number of aromatic nitrogens is 1. The molecule has 0 radical (unpaired) electrons. The second kappa shape index (κ2) is 8.17. The topological polar surface area (TPSA) is 65.2 Å². The number of nitrogens with zero attached hydrogens (tertiary/aromatic N) is 1. The Labute approximate surface area is 161 Å². The predicted octanol–water partition coefficient (Wildman–Crippen LogP) is 3.17. The van der Waals surface area contributed by atoms with Crippen LogP contribution in [0, 0.1) is 0 Å². The summed E-state index contributed by atoms with van der Waals surface area (Å²) in [6.45, 7) is 3.20. The number of aromatic amines is 1. The van der Waals surface area contributed by atoms with Crippen LogP contribution in [0.5, 0.6) is 0 Å². The molecule has 3 aliphatic rings. The third-order valence-corrected chi connectivity index (χ3v) is 6.75. The van der Waals surface area contributed by atoms with Crippen molar-refractivity contribution in [2.24, 2.45) is 0 Å². The lowest BCUT2D eigenvalue weighted by molar-refractivity contribution is 0.0820. The van der Waals surface area contributed by atoms with E-state index in [4.69, 9.17) is 0 Å². The summed E-state index contributed by atoms with van der Waals surface area (Å²) in [5, 5.41) is 3.34. The lowest BCUT2D eigenvalue weighted by Crippen LogP contribution is -2.56. The Kier molecular flexibility index (Phi) is 5.67. The number of nitrogens with one attached hydrogen (secondary N) is 2. The van der Waals surface area contributed by atoms with E-state index in [9.17, 15) is 9.59 Å². The van der Waals surface area contributed by atoms with Gasteiger partial charge in [-0.05, 0) is 76.1 Å². The van der Waals surface area contributed by atoms with Crippen molar-refractivity contribution in [3.63, 3.8) is 0 Å². The highest BCUT2D eigenvalue weighted by molar-refractivity contribution is 5.94. The van der Waals surface area contributed by atoms with Crippen LogP contribution in [0.25, 0.3) is 0 Å². The number of carbonyl (C=O) groups is 1. The van der Waals surface area contributed by atoms with Gasteiger partial charge in [-0.15, -0.1) is 0 Å². The number of hydrogen-bond acceptors (Lipinski definition) is 3. The zero-order valence-corrected chi connectivity index (χ0v) is 16.4. The van der Waals surface area contributed by atoms with E-state index in [2.05, 4.69) is 15.2 Å². The van der Waals surface area contributed by atoms with Gasteiger partial charge in [-0.2, -0.15) is 0 Å². The molecule has 148 valence electrons. The van der Waals surface area contributed by atoms with Crippen molar-refractivity contribution in [3.05, 3.63) is 33.2 Å². The Morgan fingerprint density at radius 1 is 1.00 bits per heavy atom. The van der Waals surface area contributed by atoms with Gasteiger partial charge >= 0.3 is 0 Å². The molecule has 2 N–H and O–H groups in total. The van der Waals surface area contributed by atoms with Crippen LogP contribution < -0.4 is 10.9 Å². The smallest absolute Gasteiger partial charge is 0.261 e. The molecule has 1 saturated carbocycles.